The molecule has 0 aromatic heterocycles. The van der Waals surface area contributed by atoms with Crippen molar-refractivity contribution >= 4 is 7.85 Å². The molecule has 2 aliphatic carbocycles. The normalized spacial score (nSPS) is 25.5. The van der Waals surface area contributed by atoms with E-state index in [1.54, 1.807) is 16.6 Å². The van der Waals surface area contributed by atoms with Crippen LogP contribution in [0.5, 0.6) is 0 Å². The summed E-state index contributed by atoms with van der Waals surface area (Å²) in [4.78, 5) is 0. The molecule has 1 fully saturated rings. The molecule has 134 valence electrons. The van der Waals surface area contributed by atoms with E-state index >= 15 is 0 Å². The van der Waals surface area contributed by atoms with Crippen LogP contribution in [-0.2, 0) is 0 Å². The van der Waals surface area contributed by atoms with Crippen LogP contribution >= 0.6 is 0 Å². The molecular weight excluding hydrogens is 287 g/mol. The van der Waals surface area contributed by atoms with Crippen LogP contribution in [0.2, 0.25) is 0 Å². The van der Waals surface area contributed by atoms with Crippen molar-refractivity contribution in [1.82, 2.24) is 0 Å². The summed E-state index contributed by atoms with van der Waals surface area (Å²) in [5.41, 5.74) is 7.01. The standard InChI is InChI=1S/C23H39B/c1-5-7-8-9-11-18-12-10-13-20-16-19(6-2)21(14-17(3)4)23(24)22(20)15-18/h9,11,17-18,20H,5-8,10,12-16,24H2,1-4H3/b11-9+/t18?,20-/m1/s1. The van der Waals surface area contributed by atoms with E-state index in [1.165, 1.54) is 64.2 Å². The average Bonchev–Trinajstić information content (AvgIpc) is 2.76. The van der Waals surface area contributed by atoms with Gasteiger partial charge in [0, 0.05) is 0 Å². The number of rotatable bonds is 7. The quantitative estimate of drug-likeness (QED) is 0.281. The predicted molar refractivity (Wildman–Crippen MR) is 111 cm³/mol. The Morgan fingerprint density at radius 2 is 1.96 bits per heavy atom. The van der Waals surface area contributed by atoms with Crippen molar-refractivity contribution in [1.29, 1.82) is 0 Å². The summed E-state index contributed by atoms with van der Waals surface area (Å²) < 4.78 is 0. The summed E-state index contributed by atoms with van der Waals surface area (Å²) in [5.74, 6) is 2.41. The van der Waals surface area contributed by atoms with Crippen molar-refractivity contribution in [2.75, 3.05) is 0 Å². The summed E-state index contributed by atoms with van der Waals surface area (Å²) in [6, 6.07) is 0. The summed E-state index contributed by atoms with van der Waals surface area (Å²) in [6.07, 6.45) is 18.4. The van der Waals surface area contributed by atoms with Crippen LogP contribution in [-0.4, -0.2) is 7.85 Å². The number of allylic oxidation sites excluding steroid dienone is 6. The van der Waals surface area contributed by atoms with E-state index in [1.807, 2.05) is 5.57 Å². The van der Waals surface area contributed by atoms with E-state index < -0.39 is 0 Å². The van der Waals surface area contributed by atoms with Gasteiger partial charge in [0.05, 0.1) is 0 Å². The smallest absolute Gasteiger partial charge is 0.0882 e. The van der Waals surface area contributed by atoms with Crippen molar-refractivity contribution < 1.29 is 0 Å². The third kappa shape index (κ3) is 5.14. The average molecular weight is 326 g/mol. The lowest BCUT2D eigenvalue weighted by atomic mass is 9.67. The number of unbranched alkanes of at least 4 members (excludes halogenated alkanes) is 2. The highest BCUT2D eigenvalue weighted by atomic mass is 14.3. The van der Waals surface area contributed by atoms with Gasteiger partial charge in [0.25, 0.3) is 0 Å². The third-order valence-electron chi connectivity index (χ3n) is 6.13. The Morgan fingerprint density at radius 1 is 1.17 bits per heavy atom. The van der Waals surface area contributed by atoms with Crippen LogP contribution in [0, 0.1) is 17.8 Å². The van der Waals surface area contributed by atoms with Gasteiger partial charge in [-0.2, -0.15) is 0 Å². The molecule has 0 heterocycles. The summed E-state index contributed by atoms with van der Waals surface area (Å²) in [6.45, 7) is 9.39. The molecule has 0 spiro atoms. The van der Waals surface area contributed by atoms with Crippen molar-refractivity contribution in [3.8, 4) is 0 Å². The molecule has 0 nitrogen and oxygen atoms in total. The van der Waals surface area contributed by atoms with Gasteiger partial charge in [0.15, 0.2) is 0 Å². The lowest BCUT2D eigenvalue weighted by molar-refractivity contribution is 0.517. The Kier molecular flexibility index (Phi) is 7.91. The molecule has 1 heteroatoms. The fraction of sp³-hybridized carbons (Fsp3) is 0.739. The molecule has 24 heavy (non-hydrogen) atoms. The van der Waals surface area contributed by atoms with Crippen LogP contribution in [0.4, 0.5) is 0 Å². The Hall–Kier alpha value is -0.715. The van der Waals surface area contributed by atoms with Gasteiger partial charge < -0.3 is 0 Å². The van der Waals surface area contributed by atoms with E-state index in [4.69, 9.17) is 0 Å². The molecule has 1 saturated carbocycles. The fourth-order valence-corrected chi connectivity index (χ4v) is 4.75. The first-order valence-electron chi connectivity index (χ1n) is 10.6. The Morgan fingerprint density at radius 3 is 2.62 bits per heavy atom. The third-order valence-corrected chi connectivity index (χ3v) is 6.13. The maximum Gasteiger partial charge on any atom is 0.139 e. The van der Waals surface area contributed by atoms with Gasteiger partial charge in [-0.15, -0.1) is 0 Å². The molecule has 0 amide bonds. The molecule has 0 bridgehead atoms. The first-order valence-corrected chi connectivity index (χ1v) is 10.6. The highest BCUT2D eigenvalue weighted by Crippen LogP contribution is 2.44. The van der Waals surface area contributed by atoms with Gasteiger partial charge >= 0.3 is 0 Å². The van der Waals surface area contributed by atoms with Crippen molar-refractivity contribution in [2.45, 2.75) is 91.9 Å². The van der Waals surface area contributed by atoms with E-state index in [0.717, 1.165) is 17.8 Å². The van der Waals surface area contributed by atoms with Gasteiger partial charge in [0.2, 0.25) is 0 Å². The molecule has 0 aliphatic heterocycles. The maximum absolute atomic E-state index is 2.56. The number of hydrogen-bond acceptors (Lipinski definition) is 0. The zero-order valence-electron chi connectivity index (χ0n) is 17.0. The SMILES string of the molecule is BC1=C2CC(/C=C/CCCC)CCC[C@@H]2CC(CC)=C1CC(C)C. The predicted octanol–water partition coefficient (Wildman–Crippen LogP) is 6.58. The fourth-order valence-electron chi connectivity index (χ4n) is 4.75. The largest absolute Gasteiger partial charge is 0.139 e. The molecule has 0 saturated heterocycles. The zero-order chi connectivity index (χ0) is 17.5. The maximum atomic E-state index is 2.56. The minimum atomic E-state index is 0.768. The molecule has 0 radical (unpaired) electrons. The number of fused-ring (bicyclic) bond motifs is 1. The molecular formula is C23H39B. The molecule has 2 rings (SSSR count). The van der Waals surface area contributed by atoms with E-state index in [9.17, 15) is 0 Å². The minimum Gasteiger partial charge on any atom is -0.0882 e. The van der Waals surface area contributed by atoms with Gasteiger partial charge in [-0.25, -0.2) is 0 Å². The summed E-state index contributed by atoms with van der Waals surface area (Å²) >= 11 is 0. The topological polar surface area (TPSA) is 0 Å². The molecule has 1 unspecified atom stereocenters. The second kappa shape index (κ2) is 9.69. The van der Waals surface area contributed by atoms with Gasteiger partial charge in [-0.3, -0.25) is 0 Å². The monoisotopic (exact) mass is 326 g/mol. The van der Waals surface area contributed by atoms with Crippen LogP contribution < -0.4 is 0 Å². The van der Waals surface area contributed by atoms with Gasteiger partial charge in [-0.1, -0.05) is 81.3 Å². The molecule has 0 N–H and O–H groups in total. The first kappa shape index (κ1) is 19.6. The molecule has 0 aromatic rings. The lowest BCUT2D eigenvalue weighted by Crippen LogP contribution is -2.17. The highest BCUT2D eigenvalue weighted by Gasteiger charge is 2.29. The van der Waals surface area contributed by atoms with Crippen molar-refractivity contribution in [3.63, 3.8) is 0 Å². The second-order valence-corrected chi connectivity index (χ2v) is 8.55. The lowest BCUT2D eigenvalue weighted by Gasteiger charge is -2.32. The van der Waals surface area contributed by atoms with Gasteiger partial charge in [-0.05, 0) is 62.7 Å². The molecule has 2 atom stereocenters. The zero-order valence-corrected chi connectivity index (χ0v) is 17.0. The minimum absolute atomic E-state index is 0.768. The molecule has 0 aromatic carbocycles. The van der Waals surface area contributed by atoms with Crippen LogP contribution in [0.15, 0.2) is 34.3 Å². The van der Waals surface area contributed by atoms with Crippen molar-refractivity contribution in [2.24, 2.45) is 17.8 Å². The van der Waals surface area contributed by atoms with Crippen LogP contribution in [0.25, 0.3) is 0 Å². The van der Waals surface area contributed by atoms with Gasteiger partial charge in [0.1, 0.15) is 7.85 Å². The summed E-state index contributed by atoms with van der Waals surface area (Å²) in [5, 5.41) is 0. The van der Waals surface area contributed by atoms with Crippen LogP contribution in [0.1, 0.15) is 91.9 Å². The van der Waals surface area contributed by atoms with Crippen molar-refractivity contribution in [3.05, 3.63) is 34.3 Å². The molecule has 2 aliphatic rings. The first-order chi connectivity index (χ1) is 11.6. The van der Waals surface area contributed by atoms with E-state index in [-0.39, 0.29) is 0 Å². The van der Waals surface area contributed by atoms with Crippen LogP contribution in [0.3, 0.4) is 0 Å². The van der Waals surface area contributed by atoms with E-state index in [2.05, 4.69) is 47.7 Å². The number of hydrogen-bond donors (Lipinski definition) is 0. The van der Waals surface area contributed by atoms with E-state index in [0.29, 0.717) is 0 Å². The highest BCUT2D eigenvalue weighted by molar-refractivity contribution is 6.25. The Balaban J connectivity index is 2.19. The second-order valence-electron chi connectivity index (χ2n) is 8.55. The summed E-state index contributed by atoms with van der Waals surface area (Å²) in [7, 11) is 2.44. The Labute approximate surface area is 152 Å². The Bertz CT molecular complexity index is 492.